The van der Waals surface area contributed by atoms with E-state index in [1.807, 2.05) is 43.7 Å². The average Bonchev–Trinajstić information content (AvgIpc) is 3.60. The van der Waals surface area contributed by atoms with E-state index in [-0.39, 0.29) is 17.9 Å². The van der Waals surface area contributed by atoms with Gasteiger partial charge in [-0.05, 0) is 49.3 Å². The van der Waals surface area contributed by atoms with Crippen LogP contribution in [0, 0.1) is 17.2 Å². The molecule has 0 radical (unpaired) electrons. The minimum absolute atomic E-state index is 0.0847. The third-order valence-electron chi connectivity index (χ3n) is 7.16. The summed E-state index contributed by atoms with van der Waals surface area (Å²) in [5.74, 6) is -0.0889. The lowest BCUT2D eigenvalue weighted by Crippen LogP contribution is -2.39. The van der Waals surface area contributed by atoms with Crippen LogP contribution in [0.5, 0.6) is 0 Å². The number of hydrogen-bond acceptors (Lipinski definition) is 7. The molecule has 1 fully saturated rings. The molecule has 10 nitrogen and oxygen atoms in total. The van der Waals surface area contributed by atoms with E-state index in [2.05, 4.69) is 27.5 Å². The Kier molecular flexibility index (Phi) is 7.50. The summed E-state index contributed by atoms with van der Waals surface area (Å²) in [7, 11) is 1.84. The summed E-state index contributed by atoms with van der Waals surface area (Å²) < 4.78 is 1.70. The van der Waals surface area contributed by atoms with Gasteiger partial charge in [0.1, 0.15) is 6.04 Å². The third kappa shape index (κ3) is 5.88. The van der Waals surface area contributed by atoms with Gasteiger partial charge >= 0.3 is 0 Å². The molecular weight excluding hydrogens is 492 g/mol. The molecule has 3 aromatic rings. The fourth-order valence-corrected chi connectivity index (χ4v) is 5.14. The number of carbonyl (C=O) groups excluding carboxylic acids is 2. The van der Waals surface area contributed by atoms with Crippen molar-refractivity contribution in [1.82, 2.24) is 24.6 Å². The van der Waals surface area contributed by atoms with Crippen LogP contribution in [0.3, 0.4) is 0 Å². The van der Waals surface area contributed by atoms with Gasteiger partial charge in [-0.25, -0.2) is 9.97 Å². The Balaban J connectivity index is 1.43. The van der Waals surface area contributed by atoms with Crippen molar-refractivity contribution in [3.05, 3.63) is 66.1 Å². The average molecular weight is 523 g/mol. The number of nitrogens with one attached hydrogen (secondary N) is 1. The van der Waals surface area contributed by atoms with Crippen molar-refractivity contribution in [2.45, 2.75) is 38.1 Å². The molecule has 0 saturated carbocycles. The summed E-state index contributed by atoms with van der Waals surface area (Å²) in [6.07, 6.45) is 14.2. The van der Waals surface area contributed by atoms with Gasteiger partial charge in [-0.2, -0.15) is 10.4 Å². The van der Waals surface area contributed by atoms with Crippen LogP contribution in [-0.4, -0.2) is 49.0 Å². The molecule has 10 heteroatoms. The summed E-state index contributed by atoms with van der Waals surface area (Å²) in [5.41, 5.74) is 10.5. The zero-order valence-electron chi connectivity index (χ0n) is 21.7. The Labute approximate surface area is 226 Å². The van der Waals surface area contributed by atoms with Crippen LogP contribution >= 0.6 is 0 Å². The lowest BCUT2D eigenvalue weighted by molar-refractivity contribution is -0.135. The number of nitriles is 1. The Hall–Kier alpha value is -4.78. The normalized spacial score (nSPS) is 19.1. The smallest absolute Gasteiger partial charge is 0.241 e. The quantitative estimate of drug-likeness (QED) is 0.449. The summed E-state index contributed by atoms with van der Waals surface area (Å²) in [5, 5.41) is 16.8. The van der Waals surface area contributed by atoms with Gasteiger partial charge in [0.15, 0.2) is 0 Å². The molecule has 3 N–H and O–H groups in total. The van der Waals surface area contributed by atoms with Crippen molar-refractivity contribution < 1.29 is 9.59 Å². The van der Waals surface area contributed by atoms with Crippen molar-refractivity contribution >= 4 is 35.1 Å². The van der Waals surface area contributed by atoms with Gasteiger partial charge in [-0.3, -0.25) is 14.3 Å². The maximum atomic E-state index is 13.1. The standard InChI is InChI=1S/C29H30N8O2/c1-36-18-23(16-33-36)34-29-32-17-25(27(35-29)21-7-4-19(5-8-21)6-13-26(31)38)20-9-11-22(12-10-20)28(39)37-14-2-3-24(37)15-30/h4-9,13,16-18,22,24H,2-3,10-12,14H2,1H3,(H2,31,38)(H,32,34,35)/t22?,24-/m0/s1. The van der Waals surface area contributed by atoms with Crippen molar-refractivity contribution in [1.29, 1.82) is 5.26 Å². The molecule has 1 unspecified atom stereocenters. The number of hydrogen-bond donors (Lipinski definition) is 2. The summed E-state index contributed by atoms with van der Waals surface area (Å²) >= 11 is 0. The number of amides is 2. The number of benzene rings is 1. The highest BCUT2D eigenvalue weighted by molar-refractivity contribution is 5.90. The molecule has 2 aromatic heterocycles. The summed E-state index contributed by atoms with van der Waals surface area (Å²) in [6.45, 7) is 0.665. The first-order valence-electron chi connectivity index (χ1n) is 13.0. The predicted molar refractivity (Wildman–Crippen MR) is 148 cm³/mol. The Morgan fingerprint density at radius 3 is 2.69 bits per heavy atom. The number of aryl methyl sites for hydroxylation is 1. The Bertz CT molecular complexity index is 1480. The number of anilines is 2. The van der Waals surface area contributed by atoms with E-state index >= 15 is 0 Å². The molecule has 1 saturated heterocycles. The molecule has 2 atom stereocenters. The van der Waals surface area contributed by atoms with Crippen LogP contribution in [0.1, 0.15) is 43.2 Å². The van der Waals surface area contributed by atoms with E-state index in [0.29, 0.717) is 31.8 Å². The summed E-state index contributed by atoms with van der Waals surface area (Å²) in [6, 6.07) is 9.67. The number of aromatic nitrogens is 4. The molecule has 2 amide bonds. The second-order valence-corrected chi connectivity index (χ2v) is 9.86. The predicted octanol–water partition coefficient (Wildman–Crippen LogP) is 3.82. The molecule has 0 bridgehead atoms. The van der Waals surface area contributed by atoms with Gasteiger partial charge in [-0.15, -0.1) is 0 Å². The van der Waals surface area contributed by atoms with Crippen LogP contribution in [0.2, 0.25) is 0 Å². The molecule has 39 heavy (non-hydrogen) atoms. The zero-order chi connectivity index (χ0) is 27.4. The Morgan fingerprint density at radius 2 is 2.03 bits per heavy atom. The van der Waals surface area contributed by atoms with Gasteiger partial charge in [0.2, 0.25) is 17.8 Å². The second kappa shape index (κ2) is 11.3. The topological polar surface area (TPSA) is 143 Å². The monoisotopic (exact) mass is 522 g/mol. The molecule has 1 aliphatic carbocycles. The van der Waals surface area contributed by atoms with Crippen LogP contribution in [0.4, 0.5) is 11.6 Å². The fourth-order valence-electron chi connectivity index (χ4n) is 5.14. The van der Waals surface area contributed by atoms with Crippen molar-refractivity contribution in [2.75, 3.05) is 11.9 Å². The molecule has 0 spiro atoms. The minimum Gasteiger partial charge on any atom is -0.366 e. The largest absolute Gasteiger partial charge is 0.366 e. The number of nitrogens with zero attached hydrogens (tertiary/aromatic N) is 6. The van der Waals surface area contributed by atoms with Crippen molar-refractivity contribution in [3.8, 4) is 17.3 Å². The van der Waals surface area contributed by atoms with E-state index in [4.69, 9.17) is 10.7 Å². The first-order chi connectivity index (χ1) is 18.9. The van der Waals surface area contributed by atoms with Gasteiger partial charge in [0, 0.05) is 49.1 Å². The van der Waals surface area contributed by atoms with Crippen LogP contribution in [-0.2, 0) is 16.6 Å². The van der Waals surface area contributed by atoms with Gasteiger partial charge < -0.3 is 16.0 Å². The highest BCUT2D eigenvalue weighted by Crippen LogP contribution is 2.37. The first-order valence-corrected chi connectivity index (χ1v) is 13.0. The third-order valence-corrected chi connectivity index (χ3v) is 7.16. The molecule has 2 aliphatic rings. The molecule has 1 aromatic carbocycles. The van der Waals surface area contributed by atoms with Crippen molar-refractivity contribution in [3.63, 3.8) is 0 Å². The highest BCUT2D eigenvalue weighted by Gasteiger charge is 2.34. The molecule has 3 heterocycles. The number of likely N-dealkylation sites (tertiary alicyclic amines) is 1. The number of nitrogens with two attached hydrogens (primary N) is 1. The minimum atomic E-state index is -0.503. The van der Waals surface area contributed by atoms with Crippen molar-refractivity contribution in [2.24, 2.45) is 18.7 Å². The SMILES string of the molecule is Cn1cc(Nc2ncc(C3=CCC(C(=O)N4CCC[C@H]4C#N)CC3)c(-c3ccc(C=CC(N)=O)cc3)n2)cn1. The maximum Gasteiger partial charge on any atom is 0.241 e. The number of primary amides is 1. The lowest BCUT2D eigenvalue weighted by atomic mass is 9.85. The van der Waals surface area contributed by atoms with Crippen LogP contribution in [0.15, 0.2) is 55.0 Å². The molecule has 5 rings (SSSR count). The highest BCUT2D eigenvalue weighted by atomic mass is 16.2. The molecule has 1 aliphatic heterocycles. The van der Waals surface area contributed by atoms with E-state index in [1.54, 1.807) is 21.9 Å². The summed E-state index contributed by atoms with van der Waals surface area (Å²) in [4.78, 5) is 35.4. The van der Waals surface area contributed by atoms with E-state index in [9.17, 15) is 14.9 Å². The lowest BCUT2D eigenvalue weighted by Gasteiger charge is -2.28. The Morgan fingerprint density at radius 1 is 1.21 bits per heavy atom. The molecule has 198 valence electrons. The van der Waals surface area contributed by atoms with Gasteiger partial charge in [-0.1, -0.05) is 30.3 Å². The van der Waals surface area contributed by atoms with Gasteiger partial charge in [0.05, 0.1) is 23.6 Å². The molecular formula is C29H30N8O2. The first kappa shape index (κ1) is 25.9. The number of rotatable bonds is 7. The van der Waals surface area contributed by atoms with Crippen LogP contribution in [0.25, 0.3) is 22.9 Å². The number of carbonyl (C=O) groups is 2. The van der Waals surface area contributed by atoms with Crippen LogP contribution < -0.4 is 11.1 Å². The van der Waals surface area contributed by atoms with E-state index < -0.39 is 5.91 Å². The van der Waals surface area contributed by atoms with E-state index in [1.165, 1.54) is 6.08 Å². The number of allylic oxidation sites excluding steroid dienone is 2. The zero-order valence-corrected chi connectivity index (χ0v) is 21.7. The fraction of sp³-hybridized carbons (Fsp3) is 0.310. The van der Waals surface area contributed by atoms with Gasteiger partial charge in [0.25, 0.3) is 0 Å². The van der Waals surface area contributed by atoms with E-state index in [0.717, 1.165) is 46.5 Å². The maximum absolute atomic E-state index is 13.1. The second-order valence-electron chi connectivity index (χ2n) is 9.86.